The Kier molecular flexibility index (Phi) is 8.83. The second kappa shape index (κ2) is 10.7. The van der Waals surface area contributed by atoms with E-state index >= 15 is 0 Å². The van der Waals surface area contributed by atoms with Gasteiger partial charge in [-0.3, -0.25) is 0 Å². The maximum absolute atomic E-state index is 2.42. The van der Waals surface area contributed by atoms with Crippen molar-refractivity contribution in [2.45, 2.75) is 33.6 Å². The van der Waals surface area contributed by atoms with Crippen molar-refractivity contribution < 1.29 is 21.3 Å². The Morgan fingerprint density at radius 3 is 1.72 bits per heavy atom. The molecule has 3 heteroatoms. The van der Waals surface area contributed by atoms with Crippen molar-refractivity contribution in [3.05, 3.63) is 113 Å². The summed E-state index contributed by atoms with van der Waals surface area (Å²) >= 11 is -2.25. The van der Waals surface area contributed by atoms with Crippen molar-refractivity contribution in [3.63, 3.8) is 0 Å². The van der Waals surface area contributed by atoms with Crippen LogP contribution in [-0.2, 0) is 21.3 Å². The van der Waals surface area contributed by atoms with Crippen LogP contribution >= 0.6 is 24.8 Å². The van der Waals surface area contributed by atoms with Gasteiger partial charge in [0.1, 0.15) is 0 Å². The largest absolute Gasteiger partial charge is 0.147 e. The van der Waals surface area contributed by atoms with E-state index in [1.54, 1.807) is 20.9 Å². The molecular weight excluding hydrogens is 474 g/mol. The van der Waals surface area contributed by atoms with Gasteiger partial charge in [-0.15, -0.1) is 24.8 Å². The van der Waals surface area contributed by atoms with Crippen molar-refractivity contribution in [1.29, 1.82) is 0 Å². The number of benzene rings is 2. The van der Waals surface area contributed by atoms with Crippen LogP contribution in [0.15, 0.2) is 102 Å². The number of hydrogen-bond acceptors (Lipinski definition) is 0. The third-order valence-corrected chi connectivity index (χ3v) is 13.8. The van der Waals surface area contributed by atoms with Crippen molar-refractivity contribution in [2.75, 3.05) is 0 Å². The quantitative estimate of drug-likeness (QED) is 0.404. The van der Waals surface area contributed by atoms with E-state index in [9.17, 15) is 0 Å². The minimum absolute atomic E-state index is 0. The van der Waals surface area contributed by atoms with Crippen LogP contribution in [0, 0.1) is 0 Å². The summed E-state index contributed by atoms with van der Waals surface area (Å²) in [5, 5.41) is 0. The fraction of sp³-hybridized carbons (Fsp3) is 0.192. The summed E-state index contributed by atoms with van der Waals surface area (Å²) in [5.41, 5.74) is 7.48. The summed E-state index contributed by atoms with van der Waals surface area (Å²) in [4.78, 5) is 0. The van der Waals surface area contributed by atoms with Gasteiger partial charge in [-0.2, -0.15) is 0 Å². The molecule has 0 heterocycles. The molecule has 150 valence electrons. The van der Waals surface area contributed by atoms with Gasteiger partial charge in [0.25, 0.3) is 0 Å². The van der Waals surface area contributed by atoms with Gasteiger partial charge in [-0.05, 0) is 0 Å². The molecule has 0 nitrogen and oxygen atoms in total. The number of allylic oxidation sites excluding steroid dienone is 8. The maximum Gasteiger partial charge on any atom is -0.147 e. The Balaban J connectivity index is 0.00000150. The summed E-state index contributed by atoms with van der Waals surface area (Å²) in [6.45, 7) is 6.99. The Morgan fingerprint density at radius 2 is 1.31 bits per heavy atom. The molecule has 2 aliphatic carbocycles. The standard InChI is InChI=1S/C13H10.C8H11.C5H5.2ClH.Zr/c1-3-7-12(8-4-1)11-13-9-5-2-6-10-13;1-6-4-5-7(2)8(6)3;1-2-4-5-3-1;;;/h1-10H;4H2,1-3H3;1-3H,4H2;2*1H;. The average molecular weight is 503 g/mol. The molecule has 0 radical (unpaired) electrons. The van der Waals surface area contributed by atoms with Crippen molar-refractivity contribution in [3.8, 4) is 0 Å². The third-order valence-electron chi connectivity index (χ3n) is 5.87. The van der Waals surface area contributed by atoms with Crippen molar-refractivity contribution >= 4 is 28.0 Å². The molecule has 0 unspecified atom stereocenters. The molecule has 0 spiro atoms. The normalized spacial score (nSPS) is 15.1. The molecule has 2 aliphatic rings. The Morgan fingerprint density at radius 1 is 0.759 bits per heavy atom. The van der Waals surface area contributed by atoms with Gasteiger partial charge in [0.15, 0.2) is 0 Å². The van der Waals surface area contributed by atoms with Crippen LogP contribution in [0.5, 0.6) is 0 Å². The minimum atomic E-state index is -2.25. The minimum Gasteiger partial charge on any atom is -0.147 e. The Bertz CT molecular complexity index is 981. The molecule has 0 N–H and O–H groups in total. The zero-order chi connectivity index (χ0) is 18.8. The molecule has 0 fully saturated rings. The number of hydrogen-bond donors (Lipinski definition) is 0. The predicted octanol–water partition coefficient (Wildman–Crippen LogP) is 7.58. The zero-order valence-electron chi connectivity index (χ0n) is 17.2. The molecule has 0 aromatic heterocycles. The fourth-order valence-corrected chi connectivity index (χ4v) is 12.8. The Hall–Kier alpha value is -1.27. The second-order valence-corrected chi connectivity index (χ2v) is 13.6. The van der Waals surface area contributed by atoms with E-state index in [-0.39, 0.29) is 24.8 Å². The molecule has 0 aliphatic heterocycles. The van der Waals surface area contributed by atoms with Crippen molar-refractivity contribution in [2.24, 2.45) is 0 Å². The molecule has 0 bridgehead atoms. The van der Waals surface area contributed by atoms with Crippen LogP contribution in [0.2, 0.25) is 0 Å². The first kappa shape index (κ1) is 24.0. The van der Waals surface area contributed by atoms with Gasteiger partial charge in [0.05, 0.1) is 0 Å². The first-order valence-electron chi connectivity index (χ1n) is 9.75. The molecule has 2 aromatic carbocycles. The van der Waals surface area contributed by atoms with Crippen LogP contribution in [0.25, 0.3) is 0 Å². The van der Waals surface area contributed by atoms with Crippen LogP contribution in [-0.4, -0.2) is 3.21 Å². The van der Waals surface area contributed by atoms with Gasteiger partial charge in [-0.1, -0.05) is 0 Å². The monoisotopic (exact) mass is 500 g/mol. The second-order valence-electron chi connectivity index (χ2n) is 7.49. The van der Waals surface area contributed by atoms with Gasteiger partial charge in [-0.25, -0.2) is 0 Å². The summed E-state index contributed by atoms with van der Waals surface area (Å²) in [5.74, 6) is 0. The van der Waals surface area contributed by atoms with Crippen LogP contribution in [0.3, 0.4) is 0 Å². The molecule has 0 atom stereocenters. The SMILES string of the molecule is CC1=C(C)C(C)=[C]([Zr]([C]2=CC=CC2)=[C](c2ccccc2)c2ccccc2)C1.Cl.Cl. The van der Waals surface area contributed by atoms with Crippen LogP contribution in [0.4, 0.5) is 0 Å². The van der Waals surface area contributed by atoms with Gasteiger partial charge in [0.2, 0.25) is 0 Å². The Labute approximate surface area is 195 Å². The smallest absolute Gasteiger partial charge is 0.147 e. The van der Waals surface area contributed by atoms with E-state index < -0.39 is 21.3 Å². The molecule has 0 amide bonds. The van der Waals surface area contributed by atoms with E-state index in [0.29, 0.717) is 0 Å². The number of rotatable bonds is 4. The van der Waals surface area contributed by atoms with Gasteiger partial charge < -0.3 is 0 Å². The van der Waals surface area contributed by atoms with E-state index in [2.05, 4.69) is 99.7 Å². The first-order chi connectivity index (χ1) is 13.2. The molecule has 0 saturated carbocycles. The fourth-order valence-electron chi connectivity index (χ4n) is 4.16. The zero-order valence-corrected chi connectivity index (χ0v) is 21.3. The maximum atomic E-state index is 2.42. The predicted molar refractivity (Wildman–Crippen MR) is 128 cm³/mol. The summed E-state index contributed by atoms with van der Waals surface area (Å²) in [6, 6.07) is 22.2. The van der Waals surface area contributed by atoms with E-state index in [0.717, 1.165) is 6.42 Å². The van der Waals surface area contributed by atoms with Crippen LogP contribution in [0.1, 0.15) is 44.7 Å². The molecular formula is C26H28Cl2Zr. The number of halogens is 2. The summed E-state index contributed by atoms with van der Waals surface area (Å²) in [6.07, 6.45) is 9.33. The summed E-state index contributed by atoms with van der Waals surface area (Å²) < 4.78 is 5.10. The average Bonchev–Trinajstić information content (AvgIpc) is 3.32. The van der Waals surface area contributed by atoms with E-state index in [1.165, 1.54) is 23.1 Å². The molecule has 29 heavy (non-hydrogen) atoms. The van der Waals surface area contributed by atoms with Crippen LogP contribution < -0.4 is 0 Å². The van der Waals surface area contributed by atoms with Crippen molar-refractivity contribution in [1.82, 2.24) is 0 Å². The van der Waals surface area contributed by atoms with Gasteiger partial charge >= 0.3 is 171 Å². The molecule has 0 saturated heterocycles. The van der Waals surface area contributed by atoms with E-state index in [1.807, 2.05) is 0 Å². The topological polar surface area (TPSA) is 0 Å². The molecule has 4 rings (SSSR count). The molecule has 2 aromatic rings. The van der Waals surface area contributed by atoms with Gasteiger partial charge in [0, 0.05) is 0 Å². The third kappa shape index (κ3) is 4.91. The summed E-state index contributed by atoms with van der Waals surface area (Å²) in [7, 11) is 0. The first-order valence-corrected chi connectivity index (χ1v) is 13.4. The van der Waals surface area contributed by atoms with E-state index in [4.69, 9.17) is 0 Å².